The van der Waals surface area contributed by atoms with Crippen LogP contribution in [0.3, 0.4) is 0 Å². The molecule has 3 N–H and O–H groups in total. The molecule has 8 heteroatoms. The molecule has 0 unspecified atom stereocenters. The van der Waals surface area contributed by atoms with E-state index in [1.165, 1.54) is 18.2 Å². The Kier molecular flexibility index (Phi) is 7.00. The third-order valence-electron chi connectivity index (χ3n) is 3.53. The molecular weight excluding hydrogens is 377 g/mol. The van der Waals surface area contributed by atoms with Crippen molar-refractivity contribution in [1.82, 2.24) is 16.2 Å². The van der Waals surface area contributed by atoms with E-state index in [1.807, 2.05) is 19.1 Å². The van der Waals surface area contributed by atoms with Gasteiger partial charge in [-0.3, -0.25) is 25.2 Å². The van der Waals surface area contributed by atoms with Gasteiger partial charge in [0.2, 0.25) is 0 Å². The van der Waals surface area contributed by atoms with Crippen molar-refractivity contribution >= 4 is 40.9 Å². The predicted molar refractivity (Wildman–Crippen MR) is 100 cm³/mol. The summed E-state index contributed by atoms with van der Waals surface area (Å²) >= 11 is 11.6. The van der Waals surface area contributed by atoms with Gasteiger partial charge in [0.25, 0.3) is 17.7 Å². The molecule has 2 rings (SSSR count). The van der Waals surface area contributed by atoms with Crippen LogP contribution >= 0.6 is 23.2 Å². The number of nitrogens with one attached hydrogen (secondary N) is 3. The first kappa shape index (κ1) is 19.8. The summed E-state index contributed by atoms with van der Waals surface area (Å²) in [6, 6.07) is 11.4. The summed E-state index contributed by atoms with van der Waals surface area (Å²) in [5.74, 6) is -1.51. The number of benzene rings is 2. The van der Waals surface area contributed by atoms with E-state index in [9.17, 15) is 14.4 Å². The average Bonchev–Trinajstić information content (AvgIpc) is 2.66. The lowest BCUT2D eigenvalue weighted by Gasteiger charge is -2.09. The number of hydrazine groups is 1. The lowest BCUT2D eigenvalue weighted by molar-refractivity contribution is -0.120. The number of hydrogen-bond donors (Lipinski definition) is 3. The SMILES string of the molecule is CCc1ccc(C(=O)NNC(=O)CNC(=O)c2ccc(Cl)c(Cl)c2)cc1. The number of rotatable bonds is 5. The van der Waals surface area contributed by atoms with Crippen LogP contribution in [-0.2, 0) is 11.2 Å². The zero-order valence-electron chi connectivity index (χ0n) is 13.9. The van der Waals surface area contributed by atoms with Gasteiger partial charge in [-0.05, 0) is 42.3 Å². The van der Waals surface area contributed by atoms with Gasteiger partial charge in [-0.2, -0.15) is 0 Å². The molecule has 2 aromatic carbocycles. The van der Waals surface area contributed by atoms with Crippen molar-refractivity contribution in [3.8, 4) is 0 Å². The fourth-order valence-electron chi connectivity index (χ4n) is 2.03. The molecule has 0 atom stereocenters. The molecule has 0 radical (unpaired) electrons. The molecule has 0 spiro atoms. The minimum atomic E-state index is -0.572. The summed E-state index contributed by atoms with van der Waals surface area (Å²) in [5.41, 5.74) is 6.32. The topological polar surface area (TPSA) is 87.3 Å². The van der Waals surface area contributed by atoms with Crippen LogP contribution in [0.25, 0.3) is 0 Å². The van der Waals surface area contributed by atoms with Gasteiger partial charge in [-0.15, -0.1) is 0 Å². The summed E-state index contributed by atoms with van der Waals surface area (Å²) in [4.78, 5) is 35.6. The van der Waals surface area contributed by atoms with Gasteiger partial charge in [0.15, 0.2) is 0 Å². The summed E-state index contributed by atoms with van der Waals surface area (Å²) in [6.07, 6.45) is 0.872. The summed E-state index contributed by atoms with van der Waals surface area (Å²) in [7, 11) is 0. The molecule has 6 nitrogen and oxygen atoms in total. The number of carbonyl (C=O) groups excluding carboxylic acids is 3. The van der Waals surface area contributed by atoms with Crippen molar-refractivity contribution in [1.29, 1.82) is 0 Å². The summed E-state index contributed by atoms with van der Waals surface area (Å²) < 4.78 is 0. The van der Waals surface area contributed by atoms with E-state index in [-0.39, 0.29) is 17.1 Å². The van der Waals surface area contributed by atoms with E-state index in [0.717, 1.165) is 12.0 Å². The molecule has 0 fully saturated rings. The highest BCUT2D eigenvalue weighted by Crippen LogP contribution is 2.22. The standard InChI is InChI=1S/C18H17Cl2N3O3/c1-2-11-3-5-12(6-4-11)18(26)23-22-16(24)10-21-17(25)13-7-8-14(19)15(20)9-13/h3-9H,2,10H2,1H3,(H,21,25)(H,22,24)(H,23,26). The van der Waals surface area contributed by atoms with Crippen LogP contribution in [-0.4, -0.2) is 24.3 Å². The first-order chi connectivity index (χ1) is 12.4. The highest BCUT2D eigenvalue weighted by atomic mass is 35.5. The van der Waals surface area contributed by atoms with Crippen molar-refractivity contribution in [3.63, 3.8) is 0 Å². The van der Waals surface area contributed by atoms with E-state index in [4.69, 9.17) is 23.2 Å². The molecule has 0 saturated heterocycles. The first-order valence-corrected chi connectivity index (χ1v) is 8.57. The number of aryl methyl sites for hydroxylation is 1. The number of hydrogen-bond acceptors (Lipinski definition) is 3. The molecule has 0 aliphatic heterocycles. The van der Waals surface area contributed by atoms with E-state index in [0.29, 0.717) is 10.6 Å². The van der Waals surface area contributed by atoms with Crippen molar-refractivity contribution in [3.05, 3.63) is 69.2 Å². The van der Waals surface area contributed by atoms with E-state index in [1.54, 1.807) is 12.1 Å². The van der Waals surface area contributed by atoms with Crippen LogP contribution in [0.1, 0.15) is 33.2 Å². The Morgan fingerprint density at radius 1 is 0.846 bits per heavy atom. The average molecular weight is 394 g/mol. The number of amides is 3. The molecule has 2 aromatic rings. The molecule has 0 saturated carbocycles. The van der Waals surface area contributed by atoms with Gasteiger partial charge in [0.1, 0.15) is 0 Å². The van der Waals surface area contributed by atoms with E-state index < -0.39 is 17.7 Å². The lowest BCUT2D eigenvalue weighted by atomic mass is 10.1. The maximum atomic E-state index is 12.0. The predicted octanol–water partition coefficient (Wildman–Crippen LogP) is 2.75. The van der Waals surface area contributed by atoms with Crippen LogP contribution < -0.4 is 16.2 Å². The minimum absolute atomic E-state index is 0.241. The Morgan fingerprint density at radius 3 is 2.12 bits per heavy atom. The highest BCUT2D eigenvalue weighted by molar-refractivity contribution is 6.42. The maximum Gasteiger partial charge on any atom is 0.269 e. The Bertz CT molecular complexity index is 823. The van der Waals surface area contributed by atoms with Crippen LogP contribution in [0.2, 0.25) is 10.0 Å². The molecule has 0 aromatic heterocycles. The Hall–Kier alpha value is -2.57. The van der Waals surface area contributed by atoms with Gasteiger partial charge in [0, 0.05) is 11.1 Å². The molecule has 3 amide bonds. The fourth-order valence-corrected chi connectivity index (χ4v) is 2.33. The molecule has 0 bridgehead atoms. The molecule has 0 heterocycles. The van der Waals surface area contributed by atoms with E-state index >= 15 is 0 Å². The smallest absolute Gasteiger partial charge is 0.269 e. The Balaban J connectivity index is 1.79. The van der Waals surface area contributed by atoms with Crippen molar-refractivity contribution < 1.29 is 14.4 Å². The highest BCUT2D eigenvalue weighted by Gasteiger charge is 2.11. The third-order valence-corrected chi connectivity index (χ3v) is 4.27. The normalized spacial score (nSPS) is 10.1. The minimum Gasteiger partial charge on any atom is -0.343 e. The Morgan fingerprint density at radius 2 is 1.50 bits per heavy atom. The van der Waals surface area contributed by atoms with Crippen molar-refractivity contribution in [2.24, 2.45) is 0 Å². The van der Waals surface area contributed by atoms with Crippen LogP contribution in [0, 0.1) is 0 Å². The molecule has 0 aliphatic rings. The molecule has 26 heavy (non-hydrogen) atoms. The second kappa shape index (κ2) is 9.22. The molecule has 136 valence electrons. The largest absolute Gasteiger partial charge is 0.343 e. The lowest BCUT2D eigenvalue weighted by Crippen LogP contribution is -2.46. The van der Waals surface area contributed by atoms with Crippen molar-refractivity contribution in [2.75, 3.05) is 6.54 Å². The van der Waals surface area contributed by atoms with Gasteiger partial charge >= 0.3 is 0 Å². The first-order valence-electron chi connectivity index (χ1n) is 7.82. The van der Waals surface area contributed by atoms with Crippen molar-refractivity contribution in [2.45, 2.75) is 13.3 Å². The third kappa shape index (κ3) is 5.47. The van der Waals surface area contributed by atoms with E-state index in [2.05, 4.69) is 16.2 Å². The van der Waals surface area contributed by atoms with Gasteiger partial charge in [0.05, 0.1) is 16.6 Å². The van der Waals surface area contributed by atoms with Crippen LogP contribution in [0.4, 0.5) is 0 Å². The number of carbonyl (C=O) groups is 3. The van der Waals surface area contributed by atoms with Crippen LogP contribution in [0.15, 0.2) is 42.5 Å². The van der Waals surface area contributed by atoms with Gasteiger partial charge in [-0.1, -0.05) is 42.3 Å². The second-order valence-corrected chi connectivity index (χ2v) is 6.18. The maximum absolute atomic E-state index is 12.0. The fraction of sp³-hybridized carbons (Fsp3) is 0.167. The molecular formula is C18H17Cl2N3O3. The zero-order valence-corrected chi connectivity index (χ0v) is 15.4. The summed E-state index contributed by atoms with van der Waals surface area (Å²) in [6.45, 7) is 1.70. The summed E-state index contributed by atoms with van der Waals surface area (Å²) in [5, 5.41) is 2.99. The van der Waals surface area contributed by atoms with Gasteiger partial charge in [-0.25, -0.2) is 0 Å². The Labute approximate surface area is 160 Å². The molecule has 0 aliphatic carbocycles. The quantitative estimate of drug-likeness (QED) is 0.682. The van der Waals surface area contributed by atoms with Crippen LogP contribution in [0.5, 0.6) is 0 Å². The van der Waals surface area contributed by atoms with Gasteiger partial charge < -0.3 is 5.32 Å². The number of halogens is 2. The monoisotopic (exact) mass is 393 g/mol. The second-order valence-electron chi connectivity index (χ2n) is 5.36. The zero-order chi connectivity index (χ0) is 19.1.